The lowest BCUT2D eigenvalue weighted by Gasteiger charge is -2.18. The normalized spacial score (nSPS) is 14.9. The van der Waals surface area contributed by atoms with Crippen LogP contribution in [0.1, 0.15) is 21.0 Å². The van der Waals surface area contributed by atoms with E-state index in [1.54, 1.807) is 6.20 Å². The second-order valence-corrected chi connectivity index (χ2v) is 7.72. The van der Waals surface area contributed by atoms with Gasteiger partial charge < -0.3 is 4.98 Å². The number of nitrogens with zero attached hydrogens (tertiary/aromatic N) is 3. The number of aromatic nitrogens is 3. The van der Waals surface area contributed by atoms with Gasteiger partial charge in [-0.2, -0.15) is 0 Å². The highest BCUT2D eigenvalue weighted by atomic mass is 32.1. The first-order valence-electron chi connectivity index (χ1n) is 8.50. The van der Waals surface area contributed by atoms with E-state index in [0.717, 1.165) is 43.7 Å². The first-order valence-corrected chi connectivity index (χ1v) is 9.32. The van der Waals surface area contributed by atoms with Crippen molar-refractivity contribution in [3.8, 4) is 11.5 Å². The van der Waals surface area contributed by atoms with Gasteiger partial charge in [0.05, 0.1) is 5.69 Å². The van der Waals surface area contributed by atoms with Crippen LogP contribution in [0.2, 0.25) is 0 Å². The standard InChI is InChI=1S/C19H20N4OS/c1-13-5-6-14(25-13)12-23-10-7-15-16(8-11-23)21-18(22-19(15)24)17-4-2-3-9-20-17/h2-6,9H,7-8,10-12H2,1H3,(H,21,22,24). The number of H-pyrrole nitrogens is 1. The summed E-state index contributed by atoms with van der Waals surface area (Å²) in [6.07, 6.45) is 3.25. The summed E-state index contributed by atoms with van der Waals surface area (Å²) in [5.74, 6) is 0.562. The Labute approximate surface area is 150 Å². The average molecular weight is 352 g/mol. The molecule has 1 aliphatic rings. The third-order valence-electron chi connectivity index (χ3n) is 4.53. The SMILES string of the molecule is Cc1ccc(CN2CCc3nc(-c4ccccn4)[nH]c(=O)c3CC2)s1. The molecule has 0 unspecified atom stereocenters. The monoisotopic (exact) mass is 352 g/mol. The highest BCUT2D eigenvalue weighted by Crippen LogP contribution is 2.20. The van der Waals surface area contributed by atoms with Gasteiger partial charge in [-0.15, -0.1) is 11.3 Å². The van der Waals surface area contributed by atoms with E-state index in [-0.39, 0.29) is 5.56 Å². The van der Waals surface area contributed by atoms with Gasteiger partial charge in [0.25, 0.3) is 5.56 Å². The fourth-order valence-corrected chi connectivity index (χ4v) is 4.16. The van der Waals surface area contributed by atoms with Crippen LogP contribution < -0.4 is 5.56 Å². The molecule has 25 heavy (non-hydrogen) atoms. The van der Waals surface area contributed by atoms with Crippen LogP contribution in [0.3, 0.4) is 0 Å². The molecule has 1 N–H and O–H groups in total. The zero-order valence-electron chi connectivity index (χ0n) is 14.2. The van der Waals surface area contributed by atoms with Crippen LogP contribution in [0, 0.1) is 6.92 Å². The second-order valence-electron chi connectivity index (χ2n) is 6.34. The molecule has 4 rings (SSSR count). The highest BCUT2D eigenvalue weighted by Gasteiger charge is 2.19. The number of aromatic amines is 1. The van der Waals surface area contributed by atoms with Crippen LogP contribution in [0.5, 0.6) is 0 Å². The lowest BCUT2D eigenvalue weighted by Crippen LogP contribution is -2.25. The zero-order valence-corrected chi connectivity index (χ0v) is 15.0. The number of fused-ring (bicyclic) bond motifs is 1. The van der Waals surface area contributed by atoms with E-state index >= 15 is 0 Å². The molecule has 3 aromatic heterocycles. The Morgan fingerprint density at radius 2 is 2.08 bits per heavy atom. The van der Waals surface area contributed by atoms with Crippen molar-refractivity contribution in [1.82, 2.24) is 19.9 Å². The number of rotatable bonds is 3. The van der Waals surface area contributed by atoms with Gasteiger partial charge in [0.2, 0.25) is 0 Å². The summed E-state index contributed by atoms with van der Waals surface area (Å²) in [4.78, 5) is 29.6. The largest absolute Gasteiger partial charge is 0.305 e. The minimum absolute atomic E-state index is 0.0283. The summed E-state index contributed by atoms with van der Waals surface area (Å²) >= 11 is 1.84. The van der Waals surface area contributed by atoms with Gasteiger partial charge in [0, 0.05) is 47.6 Å². The molecule has 0 amide bonds. The maximum atomic E-state index is 12.5. The van der Waals surface area contributed by atoms with Crippen molar-refractivity contribution in [2.75, 3.05) is 13.1 Å². The molecule has 0 radical (unpaired) electrons. The van der Waals surface area contributed by atoms with Crippen LogP contribution in [-0.2, 0) is 19.4 Å². The van der Waals surface area contributed by atoms with E-state index < -0.39 is 0 Å². The van der Waals surface area contributed by atoms with E-state index in [1.165, 1.54) is 9.75 Å². The Hall–Kier alpha value is -2.31. The lowest BCUT2D eigenvalue weighted by molar-refractivity contribution is 0.281. The Balaban J connectivity index is 1.57. The quantitative estimate of drug-likeness (QED) is 0.787. The number of hydrogen-bond donors (Lipinski definition) is 1. The van der Waals surface area contributed by atoms with Crippen molar-refractivity contribution in [2.24, 2.45) is 0 Å². The summed E-state index contributed by atoms with van der Waals surface area (Å²) in [7, 11) is 0. The van der Waals surface area contributed by atoms with Crippen molar-refractivity contribution in [2.45, 2.75) is 26.3 Å². The van der Waals surface area contributed by atoms with Crippen molar-refractivity contribution >= 4 is 11.3 Å². The highest BCUT2D eigenvalue weighted by molar-refractivity contribution is 7.11. The van der Waals surface area contributed by atoms with Gasteiger partial charge in [-0.25, -0.2) is 4.98 Å². The predicted molar refractivity (Wildman–Crippen MR) is 99.8 cm³/mol. The van der Waals surface area contributed by atoms with E-state index in [1.807, 2.05) is 29.5 Å². The molecule has 0 aromatic carbocycles. The Morgan fingerprint density at radius 3 is 2.84 bits per heavy atom. The van der Waals surface area contributed by atoms with E-state index in [2.05, 4.69) is 33.9 Å². The van der Waals surface area contributed by atoms with Gasteiger partial charge in [-0.3, -0.25) is 14.7 Å². The molecule has 0 spiro atoms. The Bertz CT molecular complexity index is 932. The number of nitrogens with one attached hydrogen (secondary N) is 1. The summed E-state index contributed by atoms with van der Waals surface area (Å²) in [6, 6.07) is 9.99. The molecule has 128 valence electrons. The average Bonchev–Trinajstić information content (AvgIpc) is 2.91. The summed E-state index contributed by atoms with van der Waals surface area (Å²) in [5, 5.41) is 0. The molecule has 6 heteroatoms. The van der Waals surface area contributed by atoms with E-state index in [9.17, 15) is 4.79 Å². The second kappa shape index (κ2) is 6.90. The van der Waals surface area contributed by atoms with Crippen LogP contribution in [0.25, 0.3) is 11.5 Å². The van der Waals surface area contributed by atoms with Crippen LogP contribution in [0.15, 0.2) is 41.3 Å². The first-order chi connectivity index (χ1) is 12.2. The summed E-state index contributed by atoms with van der Waals surface area (Å²) in [5.41, 5.74) is 2.41. The minimum atomic E-state index is -0.0283. The number of hydrogen-bond acceptors (Lipinski definition) is 5. The smallest absolute Gasteiger partial charge is 0.254 e. The van der Waals surface area contributed by atoms with Gasteiger partial charge in [-0.05, 0) is 37.6 Å². The molecule has 0 saturated heterocycles. The Kier molecular flexibility index (Phi) is 4.46. The van der Waals surface area contributed by atoms with Gasteiger partial charge in [0.1, 0.15) is 5.69 Å². The van der Waals surface area contributed by atoms with Crippen LogP contribution in [0.4, 0.5) is 0 Å². The first kappa shape index (κ1) is 16.2. The van der Waals surface area contributed by atoms with E-state index in [4.69, 9.17) is 4.98 Å². The minimum Gasteiger partial charge on any atom is -0.305 e. The maximum Gasteiger partial charge on any atom is 0.254 e. The molecule has 1 aliphatic heterocycles. The molecular weight excluding hydrogens is 332 g/mol. The van der Waals surface area contributed by atoms with Crippen molar-refractivity contribution < 1.29 is 0 Å². The molecular formula is C19H20N4OS. The molecule has 4 heterocycles. The molecule has 3 aromatic rings. The summed E-state index contributed by atoms with van der Waals surface area (Å²) in [6.45, 7) is 4.88. The topological polar surface area (TPSA) is 61.9 Å². The molecule has 5 nitrogen and oxygen atoms in total. The van der Waals surface area contributed by atoms with Crippen molar-refractivity contribution in [3.05, 3.63) is 67.9 Å². The maximum absolute atomic E-state index is 12.5. The zero-order chi connectivity index (χ0) is 17.2. The molecule has 0 atom stereocenters. The number of pyridine rings is 1. The molecule has 0 bridgehead atoms. The fourth-order valence-electron chi connectivity index (χ4n) is 3.23. The summed E-state index contributed by atoms with van der Waals surface area (Å²) < 4.78 is 0. The van der Waals surface area contributed by atoms with Crippen LogP contribution >= 0.6 is 11.3 Å². The molecule has 0 aliphatic carbocycles. The van der Waals surface area contributed by atoms with Crippen LogP contribution in [-0.4, -0.2) is 32.9 Å². The third kappa shape index (κ3) is 3.55. The van der Waals surface area contributed by atoms with E-state index in [0.29, 0.717) is 11.5 Å². The predicted octanol–water partition coefficient (Wildman–Crippen LogP) is 2.80. The molecule has 0 fully saturated rings. The van der Waals surface area contributed by atoms with Gasteiger partial charge in [0.15, 0.2) is 5.82 Å². The number of thiophene rings is 1. The van der Waals surface area contributed by atoms with Gasteiger partial charge in [-0.1, -0.05) is 6.07 Å². The number of aryl methyl sites for hydroxylation is 1. The fraction of sp³-hybridized carbons (Fsp3) is 0.316. The Morgan fingerprint density at radius 1 is 1.20 bits per heavy atom. The third-order valence-corrected chi connectivity index (χ3v) is 5.51. The van der Waals surface area contributed by atoms with Crippen molar-refractivity contribution in [1.29, 1.82) is 0 Å². The van der Waals surface area contributed by atoms with Crippen molar-refractivity contribution in [3.63, 3.8) is 0 Å². The molecule has 0 saturated carbocycles. The van der Waals surface area contributed by atoms with Gasteiger partial charge >= 0.3 is 0 Å². The lowest BCUT2D eigenvalue weighted by atomic mass is 10.1.